The summed E-state index contributed by atoms with van der Waals surface area (Å²) in [6, 6.07) is 14.9. The molecule has 4 rings (SSSR count). The Morgan fingerprint density at radius 1 is 1.18 bits per heavy atom. The van der Waals surface area contributed by atoms with E-state index in [1.165, 1.54) is 29.5 Å². The maximum Gasteiger partial charge on any atom is 0.231 e. The summed E-state index contributed by atoms with van der Waals surface area (Å²) in [7, 11) is 1.67. The Morgan fingerprint density at radius 3 is 2.61 bits per heavy atom. The first-order chi connectivity index (χ1) is 15.9. The van der Waals surface area contributed by atoms with Gasteiger partial charge in [0.15, 0.2) is 0 Å². The first-order valence-corrected chi connectivity index (χ1v) is 11.9. The molecule has 0 bridgehead atoms. The number of hydrogen-bond donors (Lipinski definition) is 3. The SMILES string of the molecule is CC(C)Nc1ccc(-c2nnc(-c3cccc4c3CCCC4)s2)cc1C#N.CNCC(N)=O. The number of rotatable bonds is 6. The molecule has 1 amide bonds. The number of aryl methyl sites for hydroxylation is 1. The molecule has 33 heavy (non-hydrogen) atoms. The Kier molecular flexibility index (Phi) is 8.52. The van der Waals surface area contributed by atoms with Crippen molar-refractivity contribution in [3.8, 4) is 27.2 Å². The largest absolute Gasteiger partial charge is 0.382 e. The second kappa shape index (κ2) is 11.5. The van der Waals surface area contributed by atoms with Crippen LogP contribution in [0.3, 0.4) is 0 Å². The molecule has 0 saturated heterocycles. The van der Waals surface area contributed by atoms with Gasteiger partial charge in [0.05, 0.1) is 17.8 Å². The van der Waals surface area contributed by atoms with Crippen LogP contribution < -0.4 is 16.4 Å². The highest BCUT2D eigenvalue weighted by atomic mass is 32.1. The molecule has 0 radical (unpaired) electrons. The van der Waals surface area contributed by atoms with Crippen LogP contribution in [0.5, 0.6) is 0 Å². The smallest absolute Gasteiger partial charge is 0.231 e. The molecular formula is C25H30N6OS. The van der Waals surface area contributed by atoms with E-state index in [1.807, 2.05) is 18.2 Å². The zero-order chi connectivity index (χ0) is 23.8. The van der Waals surface area contributed by atoms with Crippen molar-refractivity contribution in [3.63, 3.8) is 0 Å². The van der Waals surface area contributed by atoms with Crippen LogP contribution in [-0.4, -0.2) is 35.7 Å². The number of nitriles is 1. The zero-order valence-electron chi connectivity index (χ0n) is 19.3. The highest BCUT2D eigenvalue weighted by Gasteiger charge is 2.17. The second-order valence-corrected chi connectivity index (χ2v) is 9.21. The topological polar surface area (TPSA) is 117 Å². The van der Waals surface area contributed by atoms with E-state index >= 15 is 0 Å². The van der Waals surface area contributed by atoms with Crippen LogP contribution in [0.15, 0.2) is 36.4 Å². The van der Waals surface area contributed by atoms with E-state index in [4.69, 9.17) is 5.73 Å². The summed E-state index contributed by atoms with van der Waals surface area (Å²) in [5.74, 6) is -0.322. The Labute approximate surface area is 199 Å². The van der Waals surface area contributed by atoms with Crippen LogP contribution in [-0.2, 0) is 17.6 Å². The number of anilines is 1. The molecule has 1 aliphatic rings. The van der Waals surface area contributed by atoms with Crippen molar-refractivity contribution in [2.24, 2.45) is 5.73 Å². The minimum atomic E-state index is -0.322. The maximum absolute atomic E-state index is 9.76. The van der Waals surface area contributed by atoms with Gasteiger partial charge in [-0.15, -0.1) is 10.2 Å². The summed E-state index contributed by atoms with van der Waals surface area (Å²) < 4.78 is 0. The van der Waals surface area contributed by atoms with Crippen molar-refractivity contribution in [2.75, 3.05) is 18.9 Å². The van der Waals surface area contributed by atoms with Crippen molar-refractivity contribution >= 4 is 22.9 Å². The monoisotopic (exact) mass is 462 g/mol. The highest BCUT2D eigenvalue weighted by molar-refractivity contribution is 7.17. The molecular weight excluding hydrogens is 432 g/mol. The number of aromatic nitrogens is 2. The fourth-order valence-electron chi connectivity index (χ4n) is 3.81. The van der Waals surface area contributed by atoms with E-state index in [9.17, 15) is 10.1 Å². The lowest BCUT2D eigenvalue weighted by Gasteiger charge is -2.17. The highest BCUT2D eigenvalue weighted by Crippen LogP contribution is 2.36. The number of carbonyl (C=O) groups is 1. The first kappa shape index (κ1) is 24.4. The molecule has 3 aromatic rings. The van der Waals surface area contributed by atoms with Crippen LogP contribution in [0.4, 0.5) is 5.69 Å². The molecule has 0 atom stereocenters. The second-order valence-electron chi connectivity index (χ2n) is 8.23. The summed E-state index contributed by atoms with van der Waals surface area (Å²) in [4.78, 5) is 9.76. The van der Waals surface area contributed by atoms with Crippen LogP contribution >= 0.6 is 11.3 Å². The Morgan fingerprint density at radius 2 is 1.94 bits per heavy atom. The van der Waals surface area contributed by atoms with Crippen LogP contribution in [0.1, 0.15) is 43.4 Å². The van der Waals surface area contributed by atoms with E-state index in [-0.39, 0.29) is 18.5 Å². The van der Waals surface area contributed by atoms with Gasteiger partial charge in [-0.2, -0.15) is 5.26 Å². The Hall–Kier alpha value is -3.28. The van der Waals surface area contributed by atoms with Crippen LogP contribution in [0.2, 0.25) is 0 Å². The molecule has 172 valence electrons. The quantitative estimate of drug-likeness (QED) is 0.507. The number of likely N-dealkylation sites (N-methyl/N-ethyl adjacent to an activating group) is 1. The normalized spacial score (nSPS) is 12.3. The predicted molar refractivity (Wildman–Crippen MR) is 134 cm³/mol. The van der Waals surface area contributed by atoms with E-state index in [0.717, 1.165) is 34.1 Å². The average molecular weight is 463 g/mol. The van der Waals surface area contributed by atoms with Crippen LogP contribution in [0, 0.1) is 11.3 Å². The van der Waals surface area contributed by atoms with E-state index in [1.54, 1.807) is 18.4 Å². The average Bonchev–Trinajstić information content (AvgIpc) is 3.29. The van der Waals surface area contributed by atoms with Crippen molar-refractivity contribution in [3.05, 3.63) is 53.1 Å². The van der Waals surface area contributed by atoms with Crippen molar-refractivity contribution in [1.82, 2.24) is 15.5 Å². The van der Waals surface area contributed by atoms with Gasteiger partial charge in [0.1, 0.15) is 16.1 Å². The molecule has 8 heteroatoms. The molecule has 1 aliphatic carbocycles. The van der Waals surface area contributed by atoms with Gasteiger partial charge in [-0.25, -0.2) is 0 Å². The van der Waals surface area contributed by atoms with E-state index in [2.05, 4.69) is 58.9 Å². The van der Waals surface area contributed by atoms with Gasteiger partial charge in [0, 0.05) is 17.2 Å². The predicted octanol–water partition coefficient (Wildman–Crippen LogP) is 4.13. The number of benzene rings is 2. The van der Waals surface area contributed by atoms with Crippen molar-refractivity contribution < 1.29 is 4.79 Å². The van der Waals surface area contributed by atoms with Crippen molar-refractivity contribution in [1.29, 1.82) is 5.26 Å². The lowest BCUT2D eigenvalue weighted by molar-refractivity contribution is -0.117. The van der Waals surface area contributed by atoms with Crippen molar-refractivity contribution in [2.45, 2.75) is 45.6 Å². The van der Waals surface area contributed by atoms with E-state index in [0.29, 0.717) is 5.56 Å². The molecule has 0 unspecified atom stereocenters. The van der Waals surface area contributed by atoms with Gasteiger partial charge in [-0.3, -0.25) is 4.79 Å². The number of nitrogens with one attached hydrogen (secondary N) is 2. The molecule has 0 saturated carbocycles. The lowest BCUT2D eigenvalue weighted by Crippen LogP contribution is -2.25. The molecule has 0 spiro atoms. The Balaban J connectivity index is 0.000000454. The number of nitrogens with zero attached hydrogens (tertiary/aromatic N) is 3. The van der Waals surface area contributed by atoms with Gasteiger partial charge in [0.25, 0.3) is 0 Å². The number of amides is 1. The fourth-order valence-corrected chi connectivity index (χ4v) is 4.70. The minimum Gasteiger partial charge on any atom is -0.382 e. The van der Waals surface area contributed by atoms with Gasteiger partial charge < -0.3 is 16.4 Å². The standard InChI is InChI=1S/C22H22N4S.C3H8N2O/c1-14(2)24-20-11-10-16(12-17(20)13-23)21-25-26-22(27-21)19-9-5-7-15-6-3-4-8-18(15)19;1-5-2-3(4)6/h5,7,9-12,14,24H,3-4,6,8H2,1-2H3;5H,2H2,1H3,(H2,4,6). The minimum absolute atomic E-state index is 0.264. The summed E-state index contributed by atoms with van der Waals surface area (Å²) in [6.07, 6.45) is 4.79. The fraction of sp³-hybridized carbons (Fsp3) is 0.360. The summed E-state index contributed by atoms with van der Waals surface area (Å²) >= 11 is 1.60. The van der Waals surface area contributed by atoms with Gasteiger partial charge in [-0.1, -0.05) is 29.5 Å². The summed E-state index contributed by atoms with van der Waals surface area (Å²) in [6.45, 7) is 4.39. The number of hydrogen-bond acceptors (Lipinski definition) is 7. The molecule has 1 heterocycles. The summed E-state index contributed by atoms with van der Waals surface area (Å²) in [5.41, 5.74) is 11.2. The van der Waals surface area contributed by atoms with Gasteiger partial charge in [-0.05, 0) is 75.9 Å². The Bertz CT molecular complexity index is 1150. The lowest BCUT2D eigenvalue weighted by atomic mass is 9.88. The maximum atomic E-state index is 9.76. The summed E-state index contributed by atoms with van der Waals surface area (Å²) in [5, 5.41) is 26.1. The first-order valence-electron chi connectivity index (χ1n) is 11.1. The number of nitrogens with two attached hydrogens (primary N) is 1. The number of carbonyl (C=O) groups excluding carboxylic acids is 1. The molecule has 4 N–H and O–H groups in total. The third-order valence-corrected chi connectivity index (χ3v) is 6.24. The van der Waals surface area contributed by atoms with E-state index < -0.39 is 0 Å². The molecule has 2 aromatic carbocycles. The van der Waals surface area contributed by atoms with Gasteiger partial charge in [0.2, 0.25) is 5.91 Å². The molecule has 0 fully saturated rings. The molecule has 1 aromatic heterocycles. The van der Waals surface area contributed by atoms with Gasteiger partial charge >= 0.3 is 0 Å². The zero-order valence-corrected chi connectivity index (χ0v) is 20.1. The molecule has 7 nitrogen and oxygen atoms in total. The third kappa shape index (κ3) is 6.37. The number of primary amides is 1. The third-order valence-electron chi connectivity index (χ3n) is 5.23. The number of fused-ring (bicyclic) bond motifs is 1. The molecule has 0 aliphatic heterocycles. The van der Waals surface area contributed by atoms with Crippen LogP contribution in [0.25, 0.3) is 21.1 Å².